The van der Waals surface area contributed by atoms with E-state index in [1.54, 1.807) is 6.20 Å². The first-order valence-corrected chi connectivity index (χ1v) is 7.30. The lowest BCUT2D eigenvalue weighted by Gasteiger charge is -2.23. The summed E-state index contributed by atoms with van der Waals surface area (Å²) in [4.78, 5) is 32.4. The first-order valence-electron chi connectivity index (χ1n) is 7.30. The number of likely N-dealkylation sites (tertiary alicyclic amines) is 1. The normalized spacial score (nSPS) is 26.1. The number of nitrogens with zero attached hydrogens (tertiary/aromatic N) is 3. The Hall–Kier alpha value is -1.95. The van der Waals surface area contributed by atoms with Gasteiger partial charge in [-0.25, -0.2) is 4.79 Å². The summed E-state index contributed by atoms with van der Waals surface area (Å²) < 4.78 is 0. The van der Waals surface area contributed by atoms with Crippen LogP contribution in [0.3, 0.4) is 0 Å². The third-order valence-corrected chi connectivity index (χ3v) is 4.17. The maximum Gasteiger partial charge on any atom is 0.325 e. The van der Waals surface area contributed by atoms with Gasteiger partial charge in [-0.05, 0) is 32.4 Å². The van der Waals surface area contributed by atoms with Crippen LogP contribution in [0.15, 0.2) is 24.4 Å². The SMILES string of the molecule is CC(C)N1C(=O)N[C@@]2(CCN(Cc3ccccn3)C2)C1=O. The average molecular weight is 288 g/mol. The van der Waals surface area contributed by atoms with Gasteiger partial charge in [0.15, 0.2) is 0 Å². The van der Waals surface area contributed by atoms with Crippen molar-refractivity contribution in [3.63, 3.8) is 0 Å². The van der Waals surface area contributed by atoms with E-state index in [9.17, 15) is 9.59 Å². The minimum atomic E-state index is -0.740. The lowest BCUT2D eigenvalue weighted by Crippen LogP contribution is -2.49. The van der Waals surface area contributed by atoms with Gasteiger partial charge in [0.05, 0.1) is 5.69 Å². The molecule has 0 aliphatic carbocycles. The smallest absolute Gasteiger partial charge is 0.322 e. The molecule has 1 spiro atoms. The van der Waals surface area contributed by atoms with Gasteiger partial charge in [-0.1, -0.05) is 6.07 Å². The zero-order valence-electron chi connectivity index (χ0n) is 12.4. The molecule has 1 atom stereocenters. The fourth-order valence-corrected chi connectivity index (χ4v) is 3.13. The molecule has 1 N–H and O–H groups in total. The van der Waals surface area contributed by atoms with E-state index >= 15 is 0 Å². The molecule has 3 heterocycles. The molecule has 112 valence electrons. The van der Waals surface area contributed by atoms with Crippen LogP contribution >= 0.6 is 0 Å². The molecule has 6 heteroatoms. The van der Waals surface area contributed by atoms with Crippen LogP contribution < -0.4 is 5.32 Å². The molecule has 2 saturated heterocycles. The largest absolute Gasteiger partial charge is 0.325 e. The lowest BCUT2D eigenvalue weighted by molar-refractivity contribution is -0.132. The van der Waals surface area contributed by atoms with Gasteiger partial charge in [0.25, 0.3) is 5.91 Å². The third kappa shape index (κ3) is 2.40. The van der Waals surface area contributed by atoms with Gasteiger partial charge in [-0.3, -0.25) is 19.6 Å². The topological polar surface area (TPSA) is 65.5 Å². The molecule has 0 bridgehead atoms. The number of rotatable bonds is 3. The number of aromatic nitrogens is 1. The lowest BCUT2D eigenvalue weighted by atomic mass is 9.98. The van der Waals surface area contributed by atoms with Crippen LogP contribution in [0.5, 0.6) is 0 Å². The molecule has 0 aromatic carbocycles. The zero-order valence-corrected chi connectivity index (χ0v) is 12.4. The van der Waals surface area contributed by atoms with Gasteiger partial charge < -0.3 is 5.32 Å². The van der Waals surface area contributed by atoms with Gasteiger partial charge in [0.1, 0.15) is 5.54 Å². The van der Waals surface area contributed by atoms with Crippen molar-refractivity contribution in [2.75, 3.05) is 13.1 Å². The number of hydrogen-bond donors (Lipinski definition) is 1. The molecule has 2 aliphatic rings. The maximum atomic E-state index is 12.6. The summed E-state index contributed by atoms with van der Waals surface area (Å²) in [6.45, 7) is 5.76. The Morgan fingerprint density at radius 3 is 2.81 bits per heavy atom. The number of imide groups is 1. The second-order valence-electron chi connectivity index (χ2n) is 6.06. The molecular weight excluding hydrogens is 268 g/mol. The molecule has 1 aromatic rings. The summed E-state index contributed by atoms with van der Waals surface area (Å²) in [6.07, 6.45) is 2.43. The molecule has 21 heavy (non-hydrogen) atoms. The van der Waals surface area contributed by atoms with E-state index in [4.69, 9.17) is 0 Å². The second kappa shape index (κ2) is 5.11. The summed E-state index contributed by atoms with van der Waals surface area (Å²) in [5.74, 6) is -0.0916. The Kier molecular flexibility index (Phi) is 3.41. The predicted octanol–water partition coefficient (Wildman–Crippen LogP) is 0.986. The Morgan fingerprint density at radius 1 is 1.38 bits per heavy atom. The van der Waals surface area contributed by atoms with E-state index in [0.717, 1.165) is 12.2 Å². The van der Waals surface area contributed by atoms with E-state index < -0.39 is 5.54 Å². The maximum absolute atomic E-state index is 12.6. The molecule has 0 unspecified atom stereocenters. The summed E-state index contributed by atoms with van der Waals surface area (Å²) in [5.41, 5.74) is 0.239. The van der Waals surface area contributed by atoms with Crippen LogP contribution in [0.25, 0.3) is 0 Å². The van der Waals surface area contributed by atoms with Gasteiger partial charge in [0.2, 0.25) is 0 Å². The van der Waals surface area contributed by atoms with Crippen molar-refractivity contribution in [3.05, 3.63) is 30.1 Å². The second-order valence-corrected chi connectivity index (χ2v) is 6.06. The van der Waals surface area contributed by atoms with E-state index in [1.165, 1.54) is 4.90 Å². The molecule has 1 aromatic heterocycles. The molecule has 0 radical (unpaired) electrons. The fourth-order valence-electron chi connectivity index (χ4n) is 3.13. The number of amides is 3. The molecule has 3 rings (SSSR count). The van der Waals surface area contributed by atoms with Crippen LogP contribution in [0.1, 0.15) is 26.0 Å². The van der Waals surface area contributed by atoms with Gasteiger partial charge >= 0.3 is 6.03 Å². The van der Waals surface area contributed by atoms with E-state index in [-0.39, 0.29) is 18.0 Å². The summed E-state index contributed by atoms with van der Waals surface area (Å²) >= 11 is 0. The highest BCUT2D eigenvalue weighted by Gasteiger charge is 2.55. The first kappa shape index (κ1) is 14.0. The van der Waals surface area contributed by atoms with Gasteiger partial charge in [-0.2, -0.15) is 0 Å². The number of hydrogen-bond acceptors (Lipinski definition) is 4. The number of urea groups is 1. The number of carbonyl (C=O) groups excluding carboxylic acids is 2. The highest BCUT2D eigenvalue weighted by Crippen LogP contribution is 2.30. The Bertz CT molecular complexity index is 560. The molecular formula is C15H20N4O2. The standard InChI is InChI=1S/C15H20N4O2/c1-11(2)19-13(20)15(17-14(19)21)6-8-18(10-15)9-12-5-3-4-7-16-12/h3-5,7,11H,6,8-10H2,1-2H3,(H,17,21)/t15-/m1/s1. The molecule has 2 fully saturated rings. The third-order valence-electron chi connectivity index (χ3n) is 4.17. The Labute approximate surface area is 124 Å². The van der Waals surface area contributed by atoms with Crippen molar-refractivity contribution in [2.45, 2.75) is 38.4 Å². The monoisotopic (exact) mass is 288 g/mol. The van der Waals surface area contributed by atoms with Crippen molar-refractivity contribution >= 4 is 11.9 Å². The highest BCUT2D eigenvalue weighted by atomic mass is 16.2. The summed E-state index contributed by atoms with van der Waals surface area (Å²) in [7, 11) is 0. The van der Waals surface area contributed by atoms with Crippen LogP contribution in [-0.4, -0.2) is 51.4 Å². The van der Waals surface area contributed by atoms with E-state index in [2.05, 4.69) is 15.2 Å². The van der Waals surface area contributed by atoms with Gasteiger partial charge in [-0.15, -0.1) is 0 Å². The average Bonchev–Trinajstić information content (AvgIpc) is 2.93. The minimum Gasteiger partial charge on any atom is -0.322 e. The minimum absolute atomic E-state index is 0.0916. The van der Waals surface area contributed by atoms with Gasteiger partial charge in [0, 0.05) is 31.9 Å². The summed E-state index contributed by atoms with van der Waals surface area (Å²) in [6, 6.07) is 5.44. The quantitative estimate of drug-likeness (QED) is 0.842. The van der Waals surface area contributed by atoms with Crippen LogP contribution in [0, 0.1) is 0 Å². The van der Waals surface area contributed by atoms with Crippen molar-refractivity contribution in [1.29, 1.82) is 0 Å². The van der Waals surface area contributed by atoms with Crippen molar-refractivity contribution in [2.24, 2.45) is 0 Å². The molecule has 6 nitrogen and oxygen atoms in total. The van der Waals surface area contributed by atoms with Crippen molar-refractivity contribution in [1.82, 2.24) is 20.1 Å². The van der Waals surface area contributed by atoms with Crippen LogP contribution in [0.4, 0.5) is 4.79 Å². The van der Waals surface area contributed by atoms with E-state index in [0.29, 0.717) is 19.5 Å². The van der Waals surface area contributed by atoms with Crippen LogP contribution in [-0.2, 0) is 11.3 Å². The van der Waals surface area contributed by atoms with Crippen LogP contribution in [0.2, 0.25) is 0 Å². The van der Waals surface area contributed by atoms with E-state index in [1.807, 2.05) is 32.0 Å². The highest BCUT2D eigenvalue weighted by molar-refractivity contribution is 6.07. The number of carbonyl (C=O) groups is 2. The molecule has 2 aliphatic heterocycles. The Morgan fingerprint density at radius 2 is 2.19 bits per heavy atom. The zero-order chi connectivity index (χ0) is 15.0. The molecule has 0 saturated carbocycles. The predicted molar refractivity (Wildman–Crippen MR) is 77.4 cm³/mol. The van der Waals surface area contributed by atoms with Crippen molar-refractivity contribution < 1.29 is 9.59 Å². The van der Waals surface area contributed by atoms with Crippen molar-refractivity contribution in [3.8, 4) is 0 Å². The number of pyridine rings is 1. The first-order chi connectivity index (χ1) is 10.0. The Balaban J connectivity index is 1.72. The molecule has 3 amide bonds. The fraction of sp³-hybridized carbons (Fsp3) is 0.533. The summed E-state index contributed by atoms with van der Waals surface area (Å²) in [5, 5.41) is 2.90. The number of nitrogens with one attached hydrogen (secondary N) is 1.